The van der Waals surface area contributed by atoms with Crippen molar-refractivity contribution in [2.24, 2.45) is 0 Å². The Balaban J connectivity index is 1.65. The van der Waals surface area contributed by atoms with Crippen molar-refractivity contribution in [2.45, 2.75) is 109 Å². The lowest BCUT2D eigenvalue weighted by molar-refractivity contribution is -0.129. The number of carbonyl (C=O) groups excluding carboxylic acids is 3. The van der Waals surface area contributed by atoms with E-state index in [4.69, 9.17) is 0 Å². The lowest BCUT2D eigenvalue weighted by Crippen LogP contribution is -2.57. The number of aromatic nitrogens is 1. The van der Waals surface area contributed by atoms with Crippen LogP contribution in [0.25, 0.3) is 0 Å². The van der Waals surface area contributed by atoms with Gasteiger partial charge in [0.15, 0.2) is 0 Å². The SMILES string of the molecule is CCCCCCCCCCCC[C@H](F)[C@@H](C(=O)NC(C)(C)c1ccccn1)N1C(=O)c2ccccc2C1=O. The fourth-order valence-corrected chi connectivity index (χ4v) is 5.07. The number of hydrogen-bond acceptors (Lipinski definition) is 4. The first-order valence-corrected chi connectivity index (χ1v) is 14.1. The summed E-state index contributed by atoms with van der Waals surface area (Å²) in [7, 11) is 0. The van der Waals surface area contributed by atoms with E-state index in [1.54, 1.807) is 50.4 Å². The molecule has 38 heavy (non-hydrogen) atoms. The summed E-state index contributed by atoms with van der Waals surface area (Å²) in [4.78, 5) is 45.1. The van der Waals surface area contributed by atoms with E-state index in [1.807, 2.05) is 0 Å². The number of halogens is 1. The molecule has 1 aromatic carbocycles. The minimum Gasteiger partial charge on any atom is -0.344 e. The van der Waals surface area contributed by atoms with Crippen molar-refractivity contribution in [3.05, 3.63) is 65.5 Å². The molecule has 7 heteroatoms. The van der Waals surface area contributed by atoms with Crippen LogP contribution in [0.4, 0.5) is 4.39 Å². The third-order valence-electron chi connectivity index (χ3n) is 7.29. The van der Waals surface area contributed by atoms with Crippen molar-refractivity contribution in [1.29, 1.82) is 0 Å². The molecule has 0 spiro atoms. The number of imide groups is 1. The third kappa shape index (κ3) is 7.49. The summed E-state index contributed by atoms with van der Waals surface area (Å²) in [6, 6.07) is 10.2. The molecule has 0 unspecified atom stereocenters. The summed E-state index contributed by atoms with van der Waals surface area (Å²) in [5.41, 5.74) is 0.0713. The number of fused-ring (bicyclic) bond motifs is 1. The van der Waals surface area contributed by atoms with Crippen molar-refractivity contribution in [3.63, 3.8) is 0 Å². The minimum atomic E-state index is -1.68. The summed E-state index contributed by atoms with van der Waals surface area (Å²) in [6.45, 7) is 5.74. The number of amides is 3. The van der Waals surface area contributed by atoms with Crippen LogP contribution in [0.2, 0.25) is 0 Å². The molecule has 0 bridgehead atoms. The lowest BCUT2D eigenvalue weighted by atomic mass is 9.96. The second-order valence-electron chi connectivity index (χ2n) is 10.8. The fourth-order valence-electron chi connectivity index (χ4n) is 5.07. The molecule has 0 radical (unpaired) electrons. The van der Waals surface area contributed by atoms with E-state index >= 15 is 4.39 Å². The summed E-state index contributed by atoms with van der Waals surface area (Å²) in [5.74, 6) is -1.96. The van der Waals surface area contributed by atoms with Crippen LogP contribution in [-0.4, -0.2) is 39.8 Å². The molecule has 0 aliphatic carbocycles. The van der Waals surface area contributed by atoms with E-state index < -0.39 is 35.5 Å². The van der Waals surface area contributed by atoms with Crippen LogP contribution in [-0.2, 0) is 10.3 Å². The molecule has 0 fully saturated rings. The van der Waals surface area contributed by atoms with E-state index in [1.165, 1.54) is 50.7 Å². The molecule has 1 aliphatic rings. The average Bonchev–Trinajstić information content (AvgIpc) is 3.15. The Labute approximate surface area is 226 Å². The zero-order valence-electron chi connectivity index (χ0n) is 23.0. The summed E-state index contributed by atoms with van der Waals surface area (Å²) in [6.07, 6.45) is 11.1. The summed E-state index contributed by atoms with van der Waals surface area (Å²) in [5, 5.41) is 2.85. The Morgan fingerprint density at radius 2 is 1.39 bits per heavy atom. The third-order valence-corrected chi connectivity index (χ3v) is 7.29. The number of rotatable bonds is 16. The molecule has 1 aliphatic heterocycles. The van der Waals surface area contributed by atoms with Gasteiger partial charge in [-0.25, -0.2) is 4.39 Å². The van der Waals surface area contributed by atoms with Gasteiger partial charge in [0.05, 0.1) is 22.4 Å². The molecule has 0 saturated carbocycles. The van der Waals surface area contributed by atoms with Crippen molar-refractivity contribution in [2.75, 3.05) is 0 Å². The van der Waals surface area contributed by atoms with Gasteiger partial charge in [0, 0.05) is 6.20 Å². The van der Waals surface area contributed by atoms with Crippen LogP contribution in [0.3, 0.4) is 0 Å². The standard InChI is InChI=1S/C31H42FN3O3/c1-4-5-6-7-8-9-10-11-12-13-20-25(32)27(28(36)34-31(2,3)26-21-16-17-22-33-26)35-29(37)23-18-14-15-19-24(23)30(35)38/h14-19,21-22,25,27H,4-13,20H2,1-3H3,(H,34,36)/t25-,27-/m0/s1. The molecule has 3 amide bonds. The Bertz CT molecular complexity index is 1040. The van der Waals surface area contributed by atoms with E-state index in [-0.39, 0.29) is 17.5 Å². The van der Waals surface area contributed by atoms with Gasteiger partial charge in [-0.3, -0.25) is 24.3 Å². The first-order valence-electron chi connectivity index (χ1n) is 14.1. The number of alkyl halides is 1. The zero-order valence-corrected chi connectivity index (χ0v) is 23.0. The van der Waals surface area contributed by atoms with Crippen LogP contribution in [0, 0.1) is 0 Å². The van der Waals surface area contributed by atoms with Gasteiger partial charge in [-0.05, 0) is 44.5 Å². The van der Waals surface area contributed by atoms with E-state index in [9.17, 15) is 14.4 Å². The number of nitrogens with one attached hydrogen (secondary N) is 1. The number of benzene rings is 1. The molecular weight excluding hydrogens is 481 g/mol. The first-order chi connectivity index (χ1) is 18.3. The topological polar surface area (TPSA) is 79.4 Å². The van der Waals surface area contributed by atoms with E-state index in [2.05, 4.69) is 17.2 Å². The fraction of sp³-hybridized carbons (Fsp3) is 0.548. The molecule has 2 aromatic rings. The molecule has 1 N–H and O–H groups in total. The molecule has 1 aromatic heterocycles. The maximum atomic E-state index is 15.8. The Hall–Kier alpha value is -3.09. The highest BCUT2D eigenvalue weighted by Crippen LogP contribution is 2.29. The highest BCUT2D eigenvalue weighted by Gasteiger charge is 2.47. The van der Waals surface area contributed by atoms with Gasteiger partial charge in [0.1, 0.15) is 12.2 Å². The second-order valence-corrected chi connectivity index (χ2v) is 10.8. The average molecular weight is 524 g/mol. The van der Waals surface area contributed by atoms with Crippen LogP contribution in [0.1, 0.15) is 118 Å². The first kappa shape index (κ1) is 29.5. The highest BCUT2D eigenvalue weighted by atomic mass is 19.1. The van der Waals surface area contributed by atoms with Gasteiger partial charge in [-0.1, -0.05) is 89.3 Å². The maximum Gasteiger partial charge on any atom is 0.262 e. The Kier molecular flexibility index (Phi) is 11.0. The lowest BCUT2D eigenvalue weighted by Gasteiger charge is -2.33. The van der Waals surface area contributed by atoms with Crippen molar-refractivity contribution in [1.82, 2.24) is 15.2 Å². The van der Waals surface area contributed by atoms with Crippen molar-refractivity contribution >= 4 is 17.7 Å². The molecule has 2 heterocycles. The minimum absolute atomic E-state index is 0.103. The normalized spacial score (nSPS) is 14.9. The summed E-state index contributed by atoms with van der Waals surface area (Å²) >= 11 is 0. The largest absolute Gasteiger partial charge is 0.344 e. The quantitative estimate of drug-likeness (QED) is 0.195. The van der Waals surface area contributed by atoms with Gasteiger partial charge >= 0.3 is 0 Å². The van der Waals surface area contributed by atoms with Gasteiger partial charge in [0.25, 0.3) is 11.8 Å². The van der Waals surface area contributed by atoms with E-state index in [0.717, 1.165) is 24.2 Å². The number of nitrogens with zero attached hydrogens (tertiary/aromatic N) is 2. The monoisotopic (exact) mass is 523 g/mol. The maximum absolute atomic E-state index is 15.8. The molecule has 2 atom stereocenters. The predicted molar refractivity (Wildman–Crippen MR) is 147 cm³/mol. The van der Waals surface area contributed by atoms with E-state index in [0.29, 0.717) is 12.1 Å². The number of carbonyl (C=O) groups is 3. The Morgan fingerprint density at radius 3 is 1.92 bits per heavy atom. The van der Waals surface area contributed by atoms with Crippen molar-refractivity contribution in [3.8, 4) is 0 Å². The van der Waals surface area contributed by atoms with Crippen LogP contribution >= 0.6 is 0 Å². The smallest absolute Gasteiger partial charge is 0.262 e. The van der Waals surface area contributed by atoms with Crippen LogP contribution < -0.4 is 5.32 Å². The molecular formula is C31H42FN3O3. The molecule has 6 nitrogen and oxygen atoms in total. The van der Waals surface area contributed by atoms with Gasteiger partial charge < -0.3 is 5.32 Å². The number of unbranched alkanes of at least 4 members (excludes halogenated alkanes) is 9. The molecule has 3 rings (SSSR count). The number of hydrogen-bond donors (Lipinski definition) is 1. The predicted octanol–water partition coefficient (Wildman–Crippen LogP) is 6.75. The highest BCUT2D eigenvalue weighted by molar-refractivity contribution is 6.23. The Morgan fingerprint density at radius 1 is 0.868 bits per heavy atom. The van der Waals surface area contributed by atoms with Gasteiger partial charge in [-0.2, -0.15) is 0 Å². The zero-order chi connectivity index (χ0) is 27.5. The summed E-state index contributed by atoms with van der Waals surface area (Å²) < 4.78 is 15.8. The molecule has 0 saturated heterocycles. The number of pyridine rings is 1. The van der Waals surface area contributed by atoms with Crippen LogP contribution in [0.5, 0.6) is 0 Å². The van der Waals surface area contributed by atoms with Crippen molar-refractivity contribution < 1.29 is 18.8 Å². The van der Waals surface area contributed by atoms with Crippen LogP contribution in [0.15, 0.2) is 48.7 Å². The second kappa shape index (κ2) is 14.2. The molecule has 206 valence electrons. The van der Waals surface area contributed by atoms with Gasteiger partial charge in [0.2, 0.25) is 5.91 Å². The van der Waals surface area contributed by atoms with Gasteiger partial charge in [-0.15, -0.1) is 0 Å².